The van der Waals surface area contributed by atoms with Crippen LogP contribution in [-0.4, -0.2) is 60.6 Å². The maximum Gasteiger partial charge on any atom is 0.242 e. The summed E-state index contributed by atoms with van der Waals surface area (Å²) in [6.07, 6.45) is 2.98. The van der Waals surface area contributed by atoms with Crippen molar-refractivity contribution >= 4 is 23.2 Å². The van der Waals surface area contributed by atoms with Crippen molar-refractivity contribution in [3.8, 4) is 5.75 Å². The average molecular weight is 547 g/mol. The van der Waals surface area contributed by atoms with Crippen LogP contribution in [0.1, 0.15) is 60.2 Å². The molecule has 0 N–H and O–H groups in total. The summed E-state index contributed by atoms with van der Waals surface area (Å²) in [5, 5.41) is 2.09. The first-order valence-corrected chi connectivity index (χ1v) is 14.9. The molecule has 6 nitrogen and oxygen atoms in total. The van der Waals surface area contributed by atoms with E-state index in [1.54, 1.807) is 16.2 Å². The highest BCUT2D eigenvalue weighted by atomic mass is 32.1. The first-order chi connectivity index (χ1) is 19.0. The van der Waals surface area contributed by atoms with Crippen molar-refractivity contribution in [1.29, 1.82) is 0 Å². The summed E-state index contributed by atoms with van der Waals surface area (Å²) in [6, 6.07) is 19.8. The Balaban J connectivity index is 1.30. The van der Waals surface area contributed by atoms with Crippen LogP contribution in [0.2, 0.25) is 0 Å². The number of thiophene rings is 1. The lowest BCUT2D eigenvalue weighted by Crippen LogP contribution is -2.49. The minimum Gasteiger partial charge on any atom is -0.491 e. The van der Waals surface area contributed by atoms with Crippen LogP contribution >= 0.6 is 11.3 Å². The van der Waals surface area contributed by atoms with Gasteiger partial charge in [-0.2, -0.15) is 0 Å². The molecule has 0 saturated carbocycles. The van der Waals surface area contributed by atoms with Gasteiger partial charge in [-0.25, -0.2) is 0 Å². The summed E-state index contributed by atoms with van der Waals surface area (Å²) in [4.78, 5) is 32.2. The topological polar surface area (TPSA) is 59.1 Å². The van der Waals surface area contributed by atoms with Crippen LogP contribution in [-0.2, 0) is 27.2 Å². The van der Waals surface area contributed by atoms with Gasteiger partial charge in [-0.15, -0.1) is 11.3 Å². The van der Waals surface area contributed by atoms with Gasteiger partial charge in [0.05, 0.1) is 25.1 Å². The molecular formula is C32H38N2O4S. The van der Waals surface area contributed by atoms with E-state index in [0.717, 1.165) is 36.1 Å². The van der Waals surface area contributed by atoms with Crippen LogP contribution in [0, 0.1) is 0 Å². The predicted octanol–water partition coefficient (Wildman–Crippen LogP) is 5.63. The van der Waals surface area contributed by atoms with Gasteiger partial charge in [0, 0.05) is 24.6 Å². The van der Waals surface area contributed by atoms with Crippen molar-refractivity contribution in [3.63, 3.8) is 0 Å². The van der Waals surface area contributed by atoms with E-state index < -0.39 is 0 Å². The number of nitrogens with zero attached hydrogens (tertiary/aromatic N) is 2. The third-order valence-electron chi connectivity index (χ3n) is 7.69. The SMILES string of the molecule is CC(C)c1ccc(OC[C@H]2c3ccsc3CCN2C(=O)CN(C[C@@H]2CCCO2)C(=O)Cc2ccccc2)cc1. The van der Waals surface area contributed by atoms with Gasteiger partial charge in [0.15, 0.2) is 0 Å². The van der Waals surface area contributed by atoms with Gasteiger partial charge in [0.1, 0.15) is 12.4 Å². The average Bonchev–Trinajstić information content (AvgIpc) is 3.64. The third-order valence-corrected chi connectivity index (χ3v) is 8.69. The second kappa shape index (κ2) is 12.8. The molecule has 5 rings (SSSR count). The Morgan fingerprint density at radius 1 is 1.10 bits per heavy atom. The maximum absolute atomic E-state index is 13.9. The molecule has 1 saturated heterocycles. The smallest absolute Gasteiger partial charge is 0.242 e. The van der Waals surface area contributed by atoms with Gasteiger partial charge in [0.25, 0.3) is 0 Å². The van der Waals surface area contributed by atoms with Gasteiger partial charge < -0.3 is 19.3 Å². The van der Waals surface area contributed by atoms with E-state index in [2.05, 4.69) is 37.4 Å². The number of fused-ring (bicyclic) bond motifs is 1. The van der Waals surface area contributed by atoms with Crippen molar-refractivity contribution in [3.05, 3.63) is 87.6 Å². The molecule has 39 heavy (non-hydrogen) atoms. The van der Waals surface area contributed by atoms with E-state index in [1.807, 2.05) is 47.4 Å². The lowest BCUT2D eigenvalue weighted by Gasteiger charge is -2.37. The zero-order valence-electron chi connectivity index (χ0n) is 22.9. The molecule has 1 aromatic heterocycles. The first-order valence-electron chi connectivity index (χ1n) is 14.0. The summed E-state index contributed by atoms with van der Waals surface area (Å²) >= 11 is 1.74. The molecule has 0 radical (unpaired) electrons. The monoisotopic (exact) mass is 546 g/mol. The third kappa shape index (κ3) is 6.89. The van der Waals surface area contributed by atoms with Gasteiger partial charge in [-0.1, -0.05) is 56.3 Å². The highest BCUT2D eigenvalue weighted by Gasteiger charge is 2.34. The van der Waals surface area contributed by atoms with Gasteiger partial charge in [-0.05, 0) is 65.4 Å². The Morgan fingerprint density at radius 3 is 2.62 bits per heavy atom. The molecule has 1 fully saturated rings. The van der Waals surface area contributed by atoms with E-state index in [0.29, 0.717) is 32.2 Å². The number of carbonyl (C=O) groups excluding carboxylic acids is 2. The van der Waals surface area contributed by atoms with Gasteiger partial charge in [0.2, 0.25) is 11.8 Å². The zero-order valence-corrected chi connectivity index (χ0v) is 23.7. The molecule has 2 aliphatic heterocycles. The number of hydrogen-bond donors (Lipinski definition) is 0. The van der Waals surface area contributed by atoms with Crippen LogP contribution < -0.4 is 4.74 Å². The molecule has 206 valence electrons. The lowest BCUT2D eigenvalue weighted by molar-refractivity contribution is -0.143. The maximum atomic E-state index is 13.9. The van der Waals surface area contributed by atoms with E-state index in [-0.39, 0.29) is 36.9 Å². The number of benzene rings is 2. The number of ether oxygens (including phenoxy) is 2. The molecule has 0 unspecified atom stereocenters. The Morgan fingerprint density at radius 2 is 1.90 bits per heavy atom. The molecule has 2 amide bonds. The molecule has 7 heteroatoms. The Labute approximate surface area is 235 Å². The minimum atomic E-state index is -0.189. The fourth-order valence-electron chi connectivity index (χ4n) is 5.42. The Hall–Kier alpha value is -3.16. The standard InChI is InChI=1S/C32H38N2O4S/c1-23(2)25-10-12-26(13-11-25)38-22-29-28-15-18-39-30(28)14-16-34(29)32(36)21-33(20-27-9-6-17-37-27)31(35)19-24-7-4-3-5-8-24/h3-5,7-8,10-13,15,18,23,27,29H,6,9,14,16-17,19-22H2,1-2H3/t27-,29-/m0/s1. The Bertz CT molecular complexity index is 1230. The summed E-state index contributed by atoms with van der Waals surface area (Å²) < 4.78 is 12.1. The Kier molecular flexibility index (Phi) is 8.99. The molecule has 2 aromatic carbocycles. The number of hydrogen-bond acceptors (Lipinski definition) is 5. The van der Waals surface area contributed by atoms with Crippen LogP contribution in [0.4, 0.5) is 0 Å². The van der Waals surface area contributed by atoms with Crippen molar-refractivity contribution in [2.45, 2.75) is 57.6 Å². The molecule has 3 aromatic rings. The highest BCUT2D eigenvalue weighted by molar-refractivity contribution is 7.10. The predicted molar refractivity (Wildman–Crippen MR) is 154 cm³/mol. The van der Waals surface area contributed by atoms with Crippen LogP contribution in [0.3, 0.4) is 0 Å². The molecule has 0 bridgehead atoms. The molecule has 0 spiro atoms. The van der Waals surface area contributed by atoms with Crippen molar-refractivity contribution in [2.75, 3.05) is 32.8 Å². The molecule has 3 heterocycles. The van der Waals surface area contributed by atoms with Gasteiger partial charge >= 0.3 is 0 Å². The largest absolute Gasteiger partial charge is 0.491 e. The van der Waals surface area contributed by atoms with E-state index in [9.17, 15) is 9.59 Å². The van der Waals surface area contributed by atoms with E-state index in [4.69, 9.17) is 9.47 Å². The zero-order chi connectivity index (χ0) is 27.2. The van der Waals surface area contributed by atoms with Crippen LogP contribution in [0.15, 0.2) is 66.0 Å². The number of rotatable bonds is 10. The van der Waals surface area contributed by atoms with Crippen molar-refractivity contribution in [2.24, 2.45) is 0 Å². The summed E-state index contributed by atoms with van der Waals surface area (Å²) in [5.74, 6) is 1.17. The summed E-state index contributed by atoms with van der Waals surface area (Å²) in [7, 11) is 0. The number of carbonyl (C=O) groups is 2. The van der Waals surface area contributed by atoms with Crippen molar-refractivity contribution < 1.29 is 19.1 Å². The normalized spacial score (nSPS) is 18.7. The molecule has 2 aliphatic rings. The quantitative estimate of drug-likeness (QED) is 0.331. The number of amides is 2. The molecule has 2 atom stereocenters. The summed E-state index contributed by atoms with van der Waals surface area (Å²) in [5.41, 5.74) is 3.37. The lowest BCUT2D eigenvalue weighted by atomic mass is 10.00. The van der Waals surface area contributed by atoms with E-state index >= 15 is 0 Å². The fraction of sp³-hybridized carbons (Fsp3) is 0.438. The molecular weight excluding hydrogens is 508 g/mol. The second-order valence-electron chi connectivity index (χ2n) is 10.8. The molecule has 0 aliphatic carbocycles. The highest BCUT2D eigenvalue weighted by Crippen LogP contribution is 2.34. The fourth-order valence-corrected chi connectivity index (χ4v) is 6.35. The first kappa shape index (κ1) is 27.4. The van der Waals surface area contributed by atoms with Crippen LogP contribution in [0.25, 0.3) is 0 Å². The minimum absolute atomic E-state index is 0.0182. The summed E-state index contributed by atoms with van der Waals surface area (Å²) in [6.45, 7) is 6.54. The van der Waals surface area contributed by atoms with Crippen LogP contribution in [0.5, 0.6) is 5.75 Å². The van der Waals surface area contributed by atoms with E-state index in [1.165, 1.54) is 10.4 Å². The van der Waals surface area contributed by atoms with Gasteiger partial charge in [-0.3, -0.25) is 9.59 Å². The second-order valence-corrected chi connectivity index (χ2v) is 11.8. The van der Waals surface area contributed by atoms with Crippen molar-refractivity contribution in [1.82, 2.24) is 9.80 Å².